The summed E-state index contributed by atoms with van der Waals surface area (Å²) in [7, 11) is 1.62. The third kappa shape index (κ3) is 3.27. The molecule has 0 fully saturated rings. The van der Waals surface area contributed by atoms with Crippen LogP contribution in [0, 0.1) is 6.92 Å². The van der Waals surface area contributed by atoms with E-state index >= 15 is 0 Å². The molecular formula is C22H18N2O3. The minimum Gasteiger partial charge on any atom is -0.496 e. The van der Waals surface area contributed by atoms with Crippen LogP contribution in [0.15, 0.2) is 70.2 Å². The summed E-state index contributed by atoms with van der Waals surface area (Å²) >= 11 is 0. The van der Waals surface area contributed by atoms with E-state index in [9.17, 15) is 4.79 Å². The first-order valence-electron chi connectivity index (χ1n) is 8.55. The second kappa shape index (κ2) is 6.96. The molecule has 27 heavy (non-hydrogen) atoms. The van der Waals surface area contributed by atoms with Crippen LogP contribution in [0.4, 0.5) is 0 Å². The van der Waals surface area contributed by atoms with Gasteiger partial charge in [0.15, 0.2) is 5.76 Å². The van der Waals surface area contributed by atoms with Gasteiger partial charge in [0.2, 0.25) is 0 Å². The molecule has 4 aromatic rings. The zero-order chi connectivity index (χ0) is 18.8. The first kappa shape index (κ1) is 16.8. The number of hydrogen-bond donors (Lipinski definition) is 1. The average Bonchev–Trinajstić information content (AvgIpc) is 3.14. The predicted molar refractivity (Wildman–Crippen MR) is 107 cm³/mol. The molecule has 0 saturated carbocycles. The second-order valence-electron chi connectivity index (χ2n) is 6.24. The highest BCUT2D eigenvalue weighted by Crippen LogP contribution is 2.28. The van der Waals surface area contributed by atoms with Crippen molar-refractivity contribution in [2.24, 2.45) is 5.10 Å². The van der Waals surface area contributed by atoms with Gasteiger partial charge in [-0.05, 0) is 47.0 Å². The number of rotatable bonds is 4. The monoisotopic (exact) mass is 358 g/mol. The largest absolute Gasteiger partial charge is 0.496 e. The van der Waals surface area contributed by atoms with E-state index in [4.69, 9.17) is 9.15 Å². The van der Waals surface area contributed by atoms with E-state index in [1.807, 2.05) is 61.5 Å². The van der Waals surface area contributed by atoms with Crippen LogP contribution < -0.4 is 10.2 Å². The van der Waals surface area contributed by atoms with Gasteiger partial charge >= 0.3 is 5.91 Å². The summed E-state index contributed by atoms with van der Waals surface area (Å²) in [6.07, 6.45) is 1.57. The molecule has 0 bridgehead atoms. The highest BCUT2D eigenvalue weighted by Gasteiger charge is 2.13. The van der Waals surface area contributed by atoms with Crippen molar-refractivity contribution in [1.82, 2.24) is 5.43 Å². The third-order valence-electron chi connectivity index (χ3n) is 4.46. The number of carbonyl (C=O) groups is 1. The Bertz CT molecular complexity index is 1170. The summed E-state index contributed by atoms with van der Waals surface area (Å²) in [5, 5.41) is 7.07. The number of nitrogens with zero attached hydrogens (tertiary/aromatic N) is 1. The van der Waals surface area contributed by atoms with Crippen LogP contribution in [-0.4, -0.2) is 19.2 Å². The Labute approximate surface area is 156 Å². The summed E-state index contributed by atoms with van der Waals surface area (Å²) in [4.78, 5) is 12.4. The standard InChI is InChI=1S/C22H18N2O3/c1-14-7-8-15(11-20(14)26-2)13-23-24-22(25)21-12-18-17-6-4-3-5-16(17)9-10-19(18)27-21/h3-13H,1-2H3,(H,24,25)/b23-13-. The minimum absolute atomic E-state index is 0.222. The molecule has 0 saturated heterocycles. The number of furan rings is 1. The Morgan fingerprint density at radius 2 is 1.93 bits per heavy atom. The fraction of sp³-hybridized carbons (Fsp3) is 0.0909. The van der Waals surface area contributed by atoms with Crippen molar-refractivity contribution in [2.75, 3.05) is 7.11 Å². The lowest BCUT2D eigenvalue weighted by molar-refractivity contribution is 0.0929. The zero-order valence-electron chi connectivity index (χ0n) is 15.0. The molecule has 4 rings (SSSR count). The van der Waals surface area contributed by atoms with Gasteiger partial charge in [-0.2, -0.15) is 5.10 Å². The molecule has 0 atom stereocenters. The normalized spacial score (nSPS) is 11.3. The summed E-state index contributed by atoms with van der Waals surface area (Å²) < 4.78 is 11.0. The quantitative estimate of drug-likeness (QED) is 0.426. The van der Waals surface area contributed by atoms with Gasteiger partial charge in [-0.3, -0.25) is 4.79 Å². The minimum atomic E-state index is -0.398. The van der Waals surface area contributed by atoms with Crippen LogP contribution in [-0.2, 0) is 0 Å². The van der Waals surface area contributed by atoms with Gasteiger partial charge in [-0.1, -0.05) is 42.5 Å². The number of nitrogens with one attached hydrogen (secondary N) is 1. The molecule has 5 nitrogen and oxygen atoms in total. The molecule has 0 radical (unpaired) electrons. The number of benzene rings is 3. The first-order chi connectivity index (χ1) is 13.2. The zero-order valence-corrected chi connectivity index (χ0v) is 15.0. The van der Waals surface area contributed by atoms with E-state index in [-0.39, 0.29) is 5.76 Å². The van der Waals surface area contributed by atoms with Gasteiger partial charge in [-0.25, -0.2) is 5.43 Å². The molecule has 0 aliphatic carbocycles. The molecule has 3 aromatic carbocycles. The molecule has 0 spiro atoms. The molecule has 0 aliphatic rings. The van der Waals surface area contributed by atoms with Gasteiger partial charge in [0.05, 0.1) is 13.3 Å². The molecule has 1 amide bonds. The number of aryl methyl sites for hydroxylation is 1. The van der Waals surface area contributed by atoms with Crippen molar-refractivity contribution in [3.63, 3.8) is 0 Å². The Balaban J connectivity index is 1.55. The van der Waals surface area contributed by atoms with Gasteiger partial charge in [0.25, 0.3) is 0 Å². The van der Waals surface area contributed by atoms with Crippen LogP contribution in [0.1, 0.15) is 21.7 Å². The molecule has 1 N–H and O–H groups in total. The molecule has 134 valence electrons. The van der Waals surface area contributed by atoms with Gasteiger partial charge in [-0.15, -0.1) is 0 Å². The number of amides is 1. The smallest absolute Gasteiger partial charge is 0.307 e. The number of hydrazone groups is 1. The van der Waals surface area contributed by atoms with Crippen LogP contribution >= 0.6 is 0 Å². The van der Waals surface area contributed by atoms with Crippen molar-refractivity contribution in [1.29, 1.82) is 0 Å². The fourth-order valence-electron chi connectivity index (χ4n) is 3.04. The number of fused-ring (bicyclic) bond motifs is 3. The maximum Gasteiger partial charge on any atom is 0.307 e. The van der Waals surface area contributed by atoms with Crippen LogP contribution in [0.2, 0.25) is 0 Å². The Morgan fingerprint density at radius 1 is 1.07 bits per heavy atom. The van der Waals surface area contributed by atoms with Crippen molar-refractivity contribution < 1.29 is 13.9 Å². The molecule has 1 aromatic heterocycles. The summed E-state index contributed by atoms with van der Waals surface area (Å²) in [5.41, 5.74) is 5.04. The average molecular weight is 358 g/mol. The molecule has 1 heterocycles. The lowest BCUT2D eigenvalue weighted by atomic mass is 10.1. The maximum atomic E-state index is 12.4. The molecule has 0 unspecified atom stereocenters. The Morgan fingerprint density at radius 3 is 2.78 bits per heavy atom. The fourth-order valence-corrected chi connectivity index (χ4v) is 3.04. The first-order valence-corrected chi connectivity index (χ1v) is 8.55. The van der Waals surface area contributed by atoms with Gasteiger partial charge in [0, 0.05) is 5.39 Å². The lowest BCUT2D eigenvalue weighted by Gasteiger charge is -2.04. The molecule has 0 aliphatic heterocycles. The maximum absolute atomic E-state index is 12.4. The van der Waals surface area contributed by atoms with Crippen molar-refractivity contribution >= 4 is 33.9 Å². The Hall–Kier alpha value is -3.60. The molecule has 5 heteroatoms. The van der Waals surface area contributed by atoms with Crippen LogP contribution in [0.3, 0.4) is 0 Å². The van der Waals surface area contributed by atoms with E-state index in [1.165, 1.54) is 0 Å². The highest BCUT2D eigenvalue weighted by molar-refractivity contribution is 6.08. The summed E-state index contributed by atoms with van der Waals surface area (Å²) in [5.74, 6) is 0.597. The molecular weight excluding hydrogens is 340 g/mol. The van der Waals surface area contributed by atoms with Gasteiger partial charge in [0.1, 0.15) is 11.3 Å². The van der Waals surface area contributed by atoms with Crippen LogP contribution in [0.25, 0.3) is 21.7 Å². The summed E-state index contributed by atoms with van der Waals surface area (Å²) in [6.45, 7) is 1.97. The highest BCUT2D eigenvalue weighted by atomic mass is 16.5. The Kier molecular flexibility index (Phi) is 4.34. The predicted octanol–water partition coefficient (Wildman–Crippen LogP) is 4.67. The third-order valence-corrected chi connectivity index (χ3v) is 4.46. The number of hydrogen-bond acceptors (Lipinski definition) is 4. The van der Waals surface area contributed by atoms with Crippen molar-refractivity contribution in [3.8, 4) is 5.75 Å². The van der Waals surface area contributed by atoms with E-state index in [2.05, 4.69) is 10.5 Å². The number of carbonyl (C=O) groups excluding carboxylic acids is 1. The van der Waals surface area contributed by atoms with E-state index in [0.29, 0.717) is 5.58 Å². The second-order valence-corrected chi connectivity index (χ2v) is 6.24. The van der Waals surface area contributed by atoms with E-state index in [1.54, 1.807) is 19.4 Å². The number of ether oxygens (including phenoxy) is 1. The summed E-state index contributed by atoms with van der Waals surface area (Å²) in [6, 6.07) is 19.3. The topological polar surface area (TPSA) is 63.8 Å². The SMILES string of the molecule is COc1cc(/C=N\NC(=O)c2cc3c(ccc4ccccc43)o2)ccc1C. The van der Waals surface area contributed by atoms with E-state index in [0.717, 1.165) is 33.0 Å². The van der Waals surface area contributed by atoms with E-state index < -0.39 is 5.91 Å². The van der Waals surface area contributed by atoms with Gasteiger partial charge < -0.3 is 9.15 Å². The van der Waals surface area contributed by atoms with Crippen molar-refractivity contribution in [3.05, 3.63) is 77.6 Å². The lowest BCUT2D eigenvalue weighted by Crippen LogP contribution is -2.16. The van der Waals surface area contributed by atoms with Crippen molar-refractivity contribution in [2.45, 2.75) is 6.92 Å². The number of methoxy groups -OCH3 is 1. The van der Waals surface area contributed by atoms with Crippen LogP contribution in [0.5, 0.6) is 5.75 Å².